The van der Waals surface area contributed by atoms with Crippen molar-refractivity contribution in [2.45, 2.75) is 18.2 Å². The number of aromatic nitrogens is 2. The van der Waals surface area contributed by atoms with E-state index in [9.17, 15) is 9.59 Å². The van der Waals surface area contributed by atoms with Gasteiger partial charge in [-0.1, -0.05) is 11.8 Å². The molecule has 0 radical (unpaired) electrons. The summed E-state index contributed by atoms with van der Waals surface area (Å²) in [5.41, 5.74) is 0.409. The summed E-state index contributed by atoms with van der Waals surface area (Å²) in [5, 5.41) is 3.40. The molecule has 0 aromatic carbocycles. The lowest BCUT2D eigenvalue weighted by Gasteiger charge is -2.32. The van der Waals surface area contributed by atoms with Crippen molar-refractivity contribution >= 4 is 23.6 Å². The molecule has 2 heterocycles. The molecule has 1 aliphatic rings. The number of nitrogens with zero attached hydrogens (tertiary/aromatic N) is 3. The Kier molecular flexibility index (Phi) is 5.51. The SMILES string of the molecule is CSc1ncc(C(=O)NC[C@H]2CN(C(C)=O)CCO2)cn1. The molecule has 0 bridgehead atoms. The van der Waals surface area contributed by atoms with Crippen LogP contribution in [0.25, 0.3) is 0 Å². The Labute approximate surface area is 127 Å². The zero-order valence-electron chi connectivity index (χ0n) is 12.0. The van der Waals surface area contributed by atoms with Gasteiger partial charge in [0.1, 0.15) is 0 Å². The van der Waals surface area contributed by atoms with Crippen molar-refractivity contribution in [3.63, 3.8) is 0 Å². The molecule has 0 unspecified atom stereocenters. The third kappa shape index (κ3) is 4.40. The van der Waals surface area contributed by atoms with Crippen molar-refractivity contribution in [1.29, 1.82) is 0 Å². The molecular formula is C13H18N4O3S. The molecule has 0 aliphatic carbocycles. The van der Waals surface area contributed by atoms with E-state index in [2.05, 4.69) is 15.3 Å². The van der Waals surface area contributed by atoms with Crippen LogP contribution >= 0.6 is 11.8 Å². The molecule has 7 nitrogen and oxygen atoms in total. The first-order valence-electron chi connectivity index (χ1n) is 6.61. The van der Waals surface area contributed by atoms with Gasteiger partial charge in [-0.25, -0.2) is 9.97 Å². The number of nitrogens with one attached hydrogen (secondary N) is 1. The summed E-state index contributed by atoms with van der Waals surface area (Å²) in [4.78, 5) is 33.1. The Morgan fingerprint density at radius 3 is 2.81 bits per heavy atom. The molecule has 1 aliphatic heterocycles. The second-order valence-electron chi connectivity index (χ2n) is 4.63. The first-order valence-corrected chi connectivity index (χ1v) is 7.84. The molecule has 1 atom stereocenters. The minimum Gasteiger partial charge on any atom is -0.373 e. The number of carbonyl (C=O) groups is 2. The predicted molar refractivity (Wildman–Crippen MR) is 78.1 cm³/mol. The molecule has 114 valence electrons. The highest BCUT2D eigenvalue weighted by molar-refractivity contribution is 7.98. The second-order valence-corrected chi connectivity index (χ2v) is 5.40. The number of amides is 2. The van der Waals surface area contributed by atoms with Crippen LogP contribution in [0, 0.1) is 0 Å². The van der Waals surface area contributed by atoms with Gasteiger partial charge in [-0.05, 0) is 6.26 Å². The molecule has 1 saturated heterocycles. The smallest absolute Gasteiger partial charge is 0.254 e. The first kappa shape index (κ1) is 15.7. The summed E-state index contributed by atoms with van der Waals surface area (Å²) < 4.78 is 5.54. The van der Waals surface area contributed by atoms with Crippen LogP contribution in [0.5, 0.6) is 0 Å². The number of carbonyl (C=O) groups excluding carboxylic acids is 2. The van der Waals surface area contributed by atoms with Crippen molar-refractivity contribution in [2.24, 2.45) is 0 Å². The lowest BCUT2D eigenvalue weighted by molar-refractivity contribution is -0.136. The summed E-state index contributed by atoms with van der Waals surface area (Å²) in [5.74, 6) is -0.220. The van der Waals surface area contributed by atoms with Crippen molar-refractivity contribution in [2.75, 3.05) is 32.5 Å². The molecule has 2 rings (SSSR count). The molecule has 8 heteroatoms. The Hall–Kier alpha value is -1.67. The molecule has 1 aromatic heterocycles. The second kappa shape index (κ2) is 7.37. The number of rotatable bonds is 4. The maximum atomic E-state index is 12.0. The van der Waals surface area contributed by atoms with Crippen molar-refractivity contribution < 1.29 is 14.3 Å². The van der Waals surface area contributed by atoms with Crippen molar-refractivity contribution in [1.82, 2.24) is 20.2 Å². The predicted octanol–water partition coefficient (Wildman–Crippen LogP) is 0.176. The fourth-order valence-electron chi connectivity index (χ4n) is 1.98. The maximum Gasteiger partial charge on any atom is 0.254 e. The van der Waals surface area contributed by atoms with Gasteiger partial charge in [0.2, 0.25) is 5.91 Å². The van der Waals surface area contributed by atoms with Crippen LogP contribution in [0.2, 0.25) is 0 Å². The monoisotopic (exact) mass is 310 g/mol. The van der Waals surface area contributed by atoms with Gasteiger partial charge in [0.15, 0.2) is 5.16 Å². The van der Waals surface area contributed by atoms with Crippen LogP contribution in [-0.2, 0) is 9.53 Å². The first-order chi connectivity index (χ1) is 10.1. The Balaban J connectivity index is 1.84. The van der Waals surface area contributed by atoms with Crippen LogP contribution in [0.3, 0.4) is 0 Å². The topological polar surface area (TPSA) is 84.4 Å². The van der Waals surface area contributed by atoms with Gasteiger partial charge in [0, 0.05) is 39.0 Å². The van der Waals surface area contributed by atoms with Crippen LogP contribution < -0.4 is 5.32 Å². The van der Waals surface area contributed by atoms with Gasteiger partial charge in [-0.2, -0.15) is 0 Å². The molecule has 0 saturated carbocycles. The third-order valence-electron chi connectivity index (χ3n) is 3.15. The van der Waals surface area contributed by atoms with E-state index < -0.39 is 0 Å². The molecule has 0 spiro atoms. The molecular weight excluding hydrogens is 292 g/mol. The minimum atomic E-state index is -0.244. The Bertz CT molecular complexity index is 509. The number of hydrogen-bond donors (Lipinski definition) is 1. The van der Waals surface area contributed by atoms with E-state index in [0.29, 0.717) is 37.0 Å². The number of morpholine rings is 1. The largest absolute Gasteiger partial charge is 0.373 e. The van der Waals surface area contributed by atoms with E-state index in [0.717, 1.165) is 0 Å². The van der Waals surface area contributed by atoms with Gasteiger partial charge >= 0.3 is 0 Å². The van der Waals surface area contributed by atoms with Crippen LogP contribution in [-0.4, -0.2) is 65.3 Å². The average Bonchev–Trinajstić information content (AvgIpc) is 2.53. The summed E-state index contributed by atoms with van der Waals surface area (Å²) in [6, 6.07) is 0. The highest BCUT2D eigenvalue weighted by atomic mass is 32.2. The maximum absolute atomic E-state index is 12.0. The zero-order valence-corrected chi connectivity index (χ0v) is 12.9. The third-order valence-corrected chi connectivity index (χ3v) is 3.72. The summed E-state index contributed by atoms with van der Waals surface area (Å²) >= 11 is 1.42. The minimum absolute atomic E-state index is 0.0238. The van der Waals surface area contributed by atoms with Gasteiger partial charge in [-0.3, -0.25) is 9.59 Å². The normalized spacial score (nSPS) is 18.4. The van der Waals surface area contributed by atoms with E-state index >= 15 is 0 Å². The molecule has 1 aromatic rings. The van der Waals surface area contributed by atoms with E-state index in [1.807, 2.05) is 6.26 Å². The van der Waals surface area contributed by atoms with Crippen LogP contribution in [0.4, 0.5) is 0 Å². The van der Waals surface area contributed by atoms with E-state index in [4.69, 9.17) is 4.74 Å². The van der Waals surface area contributed by atoms with Gasteiger partial charge in [-0.15, -0.1) is 0 Å². The van der Waals surface area contributed by atoms with E-state index in [-0.39, 0.29) is 17.9 Å². The quantitative estimate of drug-likeness (QED) is 0.631. The van der Waals surface area contributed by atoms with E-state index in [1.165, 1.54) is 31.1 Å². The lowest BCUT2D eigenvalue weighted by Crippen LogP contribution is -2.49. The zero-order chi connectivity index (χ0) is 15.2. The molecule has 1 N–H and O–H groups in total. The standard InChI is InChI=1S/C13H18N4O3S/c1-9(18)17-3-4-20-11(8-17)7-14-12(19)10-5-15-13(21-2)16-6-10/h5-6,11H,3-4,7-8H2,1-2H3,(H,14,19)/t11-/m0/s1. The number of ether oxygens (including phenoxy) is 1. The van der Waals surface area contributed by atoms with Gasteiger partial charge < -0.3 is 15.0 Å². The lowest BCUT2D eigenvalue weighted by atomic mass is 10.2. The summed E-state index contributed by atoms with van der Waals surface area (Å²) in [6.45, 7) is 3.48. The van der Waals surface area contributed by atoms with Gasteiger partial charge in [0.25, 0.3) is 5.91 Å². The average molecular weight is 310 g/mol. The van der Waals surface area contributed by atoms with E-state index in [1.54, 1.807) is 4.90 Å². The van der Waals surface area contributed by atoms with Crippen LogP contribution in [0.1, 0.15) is 17.3 Å². The highest BCUT2D eigenvalue weighted by Gasteiger charge is 2.22. The highest BCUT2D eigenvalue weighted by Crippen LogP contribution is 2.08. The molecule has 1 fully saturated rings. The number of hydrogen-bond acceptors (Lipinski definition) is 6. The Morgan fingerprint density at radius 2 is 2.19 bits per heavy atom. The van der Waals surface area contributed by atoms with Gasteiger partial charge in [0.05, 0.1) is 18.3 Å². The van der Waals surface area contributed by atoms with Crippen LogP contribution in [0.15, 0.2) is 17.6 Å². The summed E-state index contributed by atoms with van der Waals surface area (Å²) in [7, 11) is 0. The fourth-order valence-corrected chi connectivity index (χ4v) is 2.29. The van der Waals surface area contributed by atoms with Crippen molar-refractivity contribution in [3.05, 3.63) is 18.0 Å². The number of thioether (sulfide) groups is 1. The molecule has 21 heavy (non-hydrogen) atoms. The van der Waals surface area contributed by atoms with Crippen molar-refractivity contribution in [3.8, 4) is 0 Å². The summed E-state index contributed by atoms with van der Waals surface area (Å²) in [6.07, 6.45) is 4.68. The molecule has 2 amide bonds. The fraction of sp³-hybridized carbons (Fsp3) is 0.538. The Morgan fingerprint density at radius 1 is 1.48 bits per heavy atom.